The van der Waals surface area contributed by atoms with E-state index in [1.807, 2.05) is 0 Å². The lowest BCUT2D eigenvalue weighted by Crippen LogP contribution is -2.03. The van der Waals surface area contributed by atoms with Crippen LogP contribution in [0.15, 0.2) is 11.7 Å². The van der Waals surface area contributed by atoms with Crippen LogP contribution in [0.1, 0.15) is 11.5 Å². The summed E-state index contributed by atoms with van der Waals surface area (Å²) in [5.41, 5.74) is 0.553. The van der Waals surface area contributed by atoms with Crippen molar-refractivity contribution in [1.82, 2.24) is 20.2 Å². The van der Waals surface area contributed by atoms with Crippen LogP contribution in [-0.2, 0) is 17.8 Å². The molecule has 7 nitrogen and oxygen atoms in total. The van der Waals surface area contributed by atoms with E-state index in [0.717, 1.165) is 0 Å². The van der Waals surface area contributed by atoms with E-state index < -0.39 is 5.97 Å². The molecule has 0 amide bonds. The lowest BCUT2D eigenvalue weighted by atomic mass is 10.3. The summed E-state index contributed by atoms with van der Waals surface area (Å²) >= 11 is 1.37. The van der Waals surface area contributed by atoms with Gasteiger partial charge in [0, 0.05) is 5.38 Å². The number of carbonyl (C=O) groups is 1. The average Bonchev–Trinajstić information content (AvgIpc) is 2.84. The Bertz CT molecular complexity index is 466. The third-order valence-corrected chi connectivity index (χ3v) is 2.60. The highest BCUT2D eigenvalue weighted by atomic mass is 32.1. The Hall–Kier alpha value is -1.96. The highest BCUT2D eigenvalue weighted by Gasteiger charge is 2.06. The third-order valence-electron chi connectivity index (χ3n) is 1.76. The number of carboxylic acids is 1. The topological polar surface area (TPSA) is 104 Å². The zero-order valence-electron chi connectivity index (χ0n) is 8.17. The van der Waals surface area contributed by atoms with Gasteiger partial charge in [-0.1, -0.05) is 0 Å². The van der Waals surface area contributed by atoms with E-state index in [-0.39, 0.29) is 6.42 Å². The second-order valence-electron chi connectivity index (χ2n) is 3.00. The summed E-state index contributed by atoms with van der Waals surface area (Å²) in [6, 6.07) is 0. The Morgan fingerprint density at radius 1 is 1.62 bits per heavy atom. The quantitative estimate of drug-likeness (QED) is 0.702. The first-order valence-electron chi connectivity index (χ1n) is 4.48. The Kier molecular flexibility index (Phi) is 3.10. The first-order valence-corrected chi connectivity index (χ1v) is 5.36. The number of hydrogen-bond donors (Lipinski definition) is 3. The molecule has 16 heavy (non-hydrogen) atoms. The average molecular weight is 239 g/mol. The third kappa shape index (κ3) is 2.76. The van der Waals surface area contributed by atoms with Crippen LogP contribution in [0.2, 0.25) is 0 Å². The molecule has 2 aromatic heterocycles. The summed E-state index contributed by atoms with van der Waals surface area (Å²) < 4.78 is 0. The number of carboxylic acid groups (broad SMARTS) is 1. The van der Waals surface area contributed by atoms with E-state index in [1.54, 1.807) is 5.38 Å². The van der Waals surface area contributed by atoms with Crippen LogP contribution in [-0.4, -0.2) is 31.2 Å². The van der Waals surface area contributed by atoms with Crippen LogP contribution in [0.25, 0.3) is 0 Å². The molecule has 2 rings (SSSR count). The van der Waals surface area contributed by atoms with Crippen molar-refractivity contribution in [3.63, 3.8) is 0 Å². The lowest BCUT2D eigenvalue weighted by molar-refractivity contribution is -0.136. The van der Waals surface area contributed by atoms with Crippen molar-refractivity contribution in [3.8, 4) is 0 Å². The number of aromatic nitrogens is 4. The fourth-order valence-electron chi connectivity index (χ4n) is 1.10. The number of H-pyrrole nitrogens is 1. The molecule has 2 heterocycles. The lowest BCUT2D eigenvalue weighted by Gasteiger charge is -1.97. The number of nitrogens with one attached hydrogen (secondary N) is 2. The first kappa shape index (κ1) is 10.6. The van der Waals surface area contributed by atoms with Crippen molar-refractivity contribution in [3.05, 3.63) is 23.2 Å². The summed E-state index contributed by atoms with van der Waals surface area (Å²) in [6.45, 7) is 0.486. The SMILES string of the molecule is O=C(O)Cc1csc(NCc2ncn[nH]2)n1. The normalized spacial score (nSPS) is 10.2. The van der Waals surface area contributed by atoms with Crippen molar-refractivity contribution < 1.29 is 9.90 Å². The van der Waals surface area contributed by atoms with Crippen LogP contribution in [0.4, 0.5) is 5.13 Å². The summed E-state index contributed by atoms with van der Waals surface area (Å²) in [7, 11) is 0. The Morgan fingerprint density at radius 2 is 2.50 bits per heavy atom. The fraction of sp³-hybridized carbons (Fsp3) is 0.250. The highest BCUT2D eigenvalue weighted by molar-refractivity contribution is 7.13. The van der Waals surface area contributed by atoms with Crippen molar-refractivity contribution in [2.24, 2.45) is 0 Å². The molecule has 8 heteroatoms. The van der Waals surface area contributed by atoms with Gasteiger partial charge in [0.25, 0.3) is 0 Å². The maximum Gasteiger partial charge on any atom is 0.309 e. The molecular weight excluding hydrogens is 230 g/mol. The summed E-state index contributed by atoms with van der Waals surface area (Å²) in [5, 5.41) is 20.4. The van der Waals surface area contributed by atoms with Gasteiger partial charge in [-0.2, -0.15) is 5.10 Å². The number of aliphatic carboxylic acids is 1. The number of aromatic amines is 1. The molecule has 0 radical (unpaired) electrons. The summed E-state index contributed by atoms with van der Waals surface area (Å²) in [4.78, 5) is 18.5. The fourth-order valence-corrected chi connectivity index (χ4v) is 1.81. The molecule has 0 fully saturated rings. The maximum absolute atomic E-state index is 10.4. The molecule has 84 valence electrons. The number of anilines is 1. The monoisotopic (exact) mass is 239 g/mol. The Balaban J connectivity index is 1.90. The number of nitrogens with zero attached hydrogens (tertiary/aromatic N) is 3. The van der Waals surface area contributed by atoms with Crippen molar-refractivity contribution in [2.45, 2.75) is 13.0 Å². The van der Waals surface area contributed by atoms with Gasteiger partial charge in [0.2, 0.25) is 0 Å². The van der Waals surface area contributed by atoms with Gasteiger partial charge in [-0.3, -0.25) is 9.89 Å². The number of thiazole rings is 1. The van der Waals surface area contributed by atoms with E-state index >= 15 is 0 Å². The predicted molar refractivity (Wildman–Crippen MR) is 57.2 cm³/mol. The molecule has 2 aromatic rings. The molecule has 0 aromatic carbocycles. The summed E-state index contributed by atoms with van der Waals surface area (Å²) in [5.74, 6) is -0.179. The molecule has 0 unspecified atom stereocenters. The van der Waals surface area contributed by atoms with E-state index in [4.69, 9.17) is 5.11 Å². The molecule has 0 saturated carbocycles. The molecule has 0 bridgehead atoms. The van der Waals surface area contributed by atoms with Crippen LogP contribution in [0.3, 0.4) is 0 Å². The minimum absolute atomic E-state index is 0.0551. The standard InChI is InChI=1S/C8H9N5O2S/c14-7(15)1-5-3-16-8(12-5)9-2-6-10-4-11-13-6/h3-4H,1-2H2,(H,9,12)(H,14,15)(H,10,11,13). The first-order chi connectivity index (χ1) is 7.74. The van der Waals surface area contributed by atoms with Gasteiger partial charge in [-0.15, -0.1) is 11.3 Å². The smallest absolute Gasteiger partial charge is 0.309 e. The molecule has 0 aliphatic rings. The van der Waals surface area contributed by atoms with Gasteiger partial charge in [-0.05, 0) is 0 Å². The summed E-state index contributed by atoms with van der Waals surface area (Å²) in [6.07, 6.45) is 1.37. The number of rotatable bonds is 5. The van der Waals surface area contributed by atoms with Gasteiger partial charge in [0.05, 0.1) is 18.7 Å². The Labute approximate surface area is 94.6 Å². The minimum Gasteiger partial charge on any atom is -0.481 e. The van der Waals surface area contributed by atoms with Crippen molar-refractivity contribution in [1.29, 1.82) is 0 Å². The van der Waals surface area contributed by atoms with Gasteiger partial charge >= 0.3 is 5.97 Å². The van der Waals surface area contributed by atoms with Gasteiger partial charge in [-0.25, -0.2) is 9.97 Å². The zero-order chi connectivity index (χ0) is 11.4. The Morgan fingerprint density at radius 3 is 3.19 bits per heavy atom. The second kappa shape index (κ2) is 4.71. The van der Waals surface area contributed by atoms with Gasteiger partial charge in [0.1, 0.15) is 12.2 Å². The zero-order valence-corrected chi connectivity index (χ0v) is 8.99. The van der Waals surface area contributed by atoms with Gasteiger partial charge in [0.15, 0.2) is 5.13 Å². The molecule has 0 spiro atoms. The predicted octanol–water partition coefficient (Wildman–Crippen LogP) is 0.500. The molecule has 0 aliphatic heterocycles. The van der Waals surface area contributed by atoms with Crippen LogP contribution >= 0.6 is 11.3 Å². The van der Waals surface area contributed by atoms with Crippen LogP contribution < -0.4 is 5.32 Å². The van der Waals surface area contributed by atoms with E-state index in [0.29, 0.717) is 23.2 Å². The van der Waals surface area contributed by atoms with Crippen molar-refractivity contribution in [2.75, 3.05) is 5.32 Å². The maximum atomic E-state index is 10.4. The van der Waals surface area contributed by atoms with Crippen LogP contribution in [0, 0.1) is 0 Å². The van der Waals surface area contributed by atoms with E-state index in [1.165, 1.54) is 17.7 Å². The molecule has 0 aliphatic carbocycles. The molecule has 0 saturated heterocycles. The largest absolute Gasteiger partial charge is 0.481 e. The number of hydrogen-bond acceptors (Lipinski definition) is 6. The highest BCUT2D eigenvalue weighted by Crippen LogP contribution is 2.16. The van der Waals surface area contributed by atoms with Crippen LogP contribution in [0.5, 0.6) is 0 Å². The van der Waals surface area contributed by atoms with E-state index in [9.17, 15) is 4.79 Å². The molecular formula is C8H9N5O2S. The van der Waals surface area contributed by atoms with Gasteiger partial charge < -0.3 is 10.4 Å². The minimum atomic E-state index is -0.882. The van der Waals surface area contributed by atoms with E-state index in [2.05, 4.69) is 25.5 Å². The molecule has 0 atom stereocenters. The molecule has 3 N–H and O–H groups in total. The van der Waals surface area contributed by atoms with Crippen molar-refractivity contribution >= 4 is 22.4 Å². The second-order valence-corrected chi connectivity index (χ2v) is 3.86.